The van der Waals surface area contributed by atoms with Crippen LogP contribution >= 0.6 is 0 Å². The van der Waals surface area contributed by atoms with Crippen LogP contribution in [0.3, 0.4) is 0 Å². The molecule has 1 unspecified atom stereocenters. The average molecular weight is 1090 g/mol. The van der Waals surface area contributed by atoms with E-state index in [1.807, 2.05) is 0 Å². The van der Waals surface area contributed by atoms with E-state index in [2.05, 4.69) is 69.4 Å². The fraction of sp³-hybridized carbons (Fsp3) is 0.847. The van der Waals surface area contributed by atoms with Crippen molar-refractivity contribution in [3.05, 3.63) is 48.6 Å². The summed E-state index contributed by atoms with van der Waals surface area (Å²) in [5.41, 5.74) is 0. The first-order valence-electron chi connectivity index (χ1n) is 34.6. The van der Waals surface area contributed by atoms with Crippen molar-refractivity contribution in [3.8, 4) is 0 Å². The molecule has 0 saturated heterocycles. The van der Waals surface area contributed by atoms with Crippen molar-refractivity contribution in [2.75, 3.05) is 13.2 Å². The lowest BCUT2D eigenvalue weighted by Gasteiger charge is -2.18. The smallest absolute Gasteiger partial charge is 0.306 e. The van der Waals surface area contributed by atoms with Gasteiger partial charge in [-0.2, -0.15) is 0 Å². The summed E-state index contributed by atoms with van der Waals surface area (Å²) in [5.74, 6) is -0.860. The van der Waals surface area contributed by atoms with Crippen LogP contribution in [0.5, 0.6) is 0 Å². The molecule has 0 aliphatic heterocycles. The molecule has 0 bridgehead atoms. The second kappa shape index (κ2) is 66.9. The van der Waals surface area contributed by atoms with Gasteiger partial charge in [0.1, 0.15) is 13.2 Å². The number of rotatable bonds is 64. The maximum atomic E-state index is 12.9. The Morgan fingerprint density at radius 2 is 0.474 bits per heavy atom. The number of unbranched alkanes of at least 4 members (excludes halogenated alkanes) is 45. The van der Waals surface area contributed by atoms with Crippen LogP contribution in [-0.4, -0.2) is 37.2 Å². The Bertz CT molecular complexity index is 1350. The number of ether oxygens (including phenoxy) is 3. The zero-order valence-corrected chi connectivity index (χ0v) is 52.5. The summed E-state index contributed by atoms with van der Waals surface area (Å²) in [6, 6.07) is 0. The third-order valence-electron chi connectivity index (χ3n) is 15.6. The first-order valence-corrected chi connectivity index (χ1v) is 34.6. The summed E-state index contributed by atoms with van der Waals surface area (Å²) in [6.45, 7) is 6.64. The molecule has 6 nitrogen and oxygen atoms in total. The Morgan fingerprint density at radius 1 is 0.256 bits per heavy atom. The molecule has 456 valence electrons. The first-order chi connectivity index (χ1) is 38.5. The fourth-order valence-corrected chi connectivity index (χ4v) is 10.3. The molecular weight excluding hydrogens is 961 g/mol. The van der Waals surface area contributed by atoms with Crippen molar-refractivity contribution in [2.45, 2.75) is 380 Å². The first kappa shape index (κ1) is 75.4. The number of carbonyl (C=O) groups excluding carboxylic acids is 3. The van der Waals surface area contributed by atoms with Gasteiger partial charge in [0.2, 0.25) is 0 Å². The van der Waals surface area contributed by atoms with Crippen molar-refractivity contribution in [1.82, 2.24) is 0 Å². The second-order valence-corrected chi connectivity index (χ2v) is 23.4. The summed E-state index contributed by atoms with van der Waals surface area (Å²) in [5, 5.41) is 0. The Balaban J connectivity index is 4.20. The van der Waals surface area contributed by atoms with E-state index < -0.39 is 6.10 Å². The van der Waals surface area contributed by atoms with Gasteiger partial charge in [-0.1, -0.05) is 326 Å². The van der Waals surface area contributed by atoms with Gasteiger partial charge in [0.15, 0.2) is 6.10 Å². The minimum atomic E-state index is -0.775. The number of hydrogen-bond acceptors (Lipinski definition) is 6. The van der Waals surface area contributed by atoms with E-state index in [-0.39, 0.29) is 31.1 Å². The minimum Gasteiger partial charge on any atom is -0.462 e. The van der Waals surface area contributed by atoms with Gasteiger partial charge in [-0.3, -0.25) is 14.4 Å². The van der Waals surface area contributed by atoms with Crippen LogP contribution in [0.2, 0.25) is 0 Å². The van der Waals surface area contributed by atoms with Gasteiger partial charge in [-0.05, 0) is 77.0 Å². The molecule has 0 amide bonds. The summed E-state index contributed by atoms with van der Waals surface area (Å²) >= 11 is 0. The summed E-state index contributed by atoms with van der Waals surface area (Å²) in [6.07, 6.45) is 84.3. The molecule has 78 heavy (non-hydrogen) atoms. The molecule has 0 rings (SSSR count). The standard InChI is InChI=1S/C72H132O6/c1-4-7-10-13-16-19-22-24-26-28-30-32-34-35-36-37-38-40-41-43-45-47-50-53-56-59-62-65-71(74)77-68-69(67-76-70(73)64-61-58-55-52-49-21-18-15-12-9-6-3)78-72(75)66-63-60-57-54-51-48-46-44-42-39-33-31-29-27-25-23-20-17-14-11-8-5-2/h15,18,22,24,28,30,34-35,69H,4-14,16-17,19-21,23,25-27,29,31-33,36-68H2,1-3H3/b18-15-,24-22-,30-28-,35-34-. The van der Waals surface area contributed by atoms with Crippen LogP contribution in [0.25, 0.3) is 0 Å². The van der Waals surface area contributed by atoms with Crippen molar-refractivity contribution < 1.29 is 28.6 Å². The predicted octanol–water partition coefficient (Wildman–Crippen LogP) is 23.7. The zero-order chi connectivity index (χ0) is 56.4. The number of carbonyl (C=O) groups is 3. The molecule has 0 radical (unpaired) electrons. The lowest BCUT2D eigenvalue weighted by atomic mass is 10.0. The van der Waals surface area contributed by atoms with Crippen molar-refractivity contribution >= 4 is 17.9 Å². The highest BCUT2D eigenvalue weighted by molar-refractivity contribution is 5.71. The highest BCUT2D eigenvalue weighted by atomic mass is 16.6. The van der Waals surface area contributed by atoms with Crippen LogP contribution in [0.15, 0.2) is 48.6 Å². The fourth-order valence-electron chi connectivity index (χ4n) is 10.3. The van der Waals surface area contributed by atoms with E-state index >= 15 is 0 Å². The Labute approximate surface area is 486 Å². The third-order valence-corrected chi connectivity index (χ3v) is 15.6. The topological polar surface area (TPSA) is 78.9 Å². The molecule has 0 fully saturated rings. The summed E-state index contributed by atoms with van der Waals surface area (Å²) < 4.78 is 16.9. The van der Waals surface area contributed by atoms with Crippen molar-refractivity contribution in [2.24, 2.45) is 0 Å². The average Bonchev–Trinajstić information content (AvgIpc) is 3.44. The van der Waals surface area contributed by atoms with Crippen LogP contribution in [0.4, 0.5) is 0 Å². The van der Waals surface area contributed by atoms with Crippen molar-refractivity contribution in [3.63, 3.8) is 0 Å². The number of allylic oxidation sites excluding steroid dienone is 8. The van der Waals surface area contributed by atoms with E-state index in [0.29, 0.717) is 19.3 Å². The third kappa shape index (κ3) is 64.2. The van der Waals surface area contributed by atoms with E-state index in [4.69, 9.17) is 14.2 Å². The van der Waals surface area contributed by atoms with E-state index in [1.165, 1.54) is 257 Å². The molecule has 0 aromatic carbocycles. The number of hydrogen-bond donors (Lipinski definition) is 0. The van der Waals surface area contributed by atoms with Gasteiger partial charge in [0, 0.05) is 19.3 Å². The SMILES string of the molecule is CCCC/C=C\CCCCCCCC(=O)OCC(COC(=O)CCCCCCCCCCCCCC/C=C\C/C=C\C/C=C\CCCCCCC)OC(=O)CCCCCCCCCCCCCCCCCCCCCCCC. The monoisotopic (exact) mass is 1090 g/mol. The van der Waals surface area contributed by atoms with Gasteiger partial charge < -0.3 is 14.2 Å². The zero-order valence-electron chi connectivity index (χ0n) is 52.5. The predicted molar refractivity (Wildman–Crippen MR) is 339 cm³/mol. The molecule has 0 saturated carbocycles. The van der Waals surface area contributed by atoms with Crippen LogP contribution < -0.4 is 0 Å². The van der Waals surface area contributed by atoms with E-state index in [9.17, 15) is 14.4 Å². The molecular formula is C72H132O6. The Hall–Kier alpha value is -2.63. The molecule has 0 heterocycles. The van der Waals surface area contributed by atoms with Gasteiger partial charge in [-0.15, -0.1) is 0 Å². The van der Waals surface area contributed by atoms with Gasteiger partial charge in [0.05, 0.1) is 0 Å². The van der Waals surface area contributed by atoms with E-state index in [0.717, 1.165) is 77.0 Å². The Kier molecular flexibility index (Phi) is 64.6. The lowest BCUT2D eigenvalue weighted by Crippen LogP contribution is -2.30. The van der Waals surface area contributed by atoms with E-state index in [1.54, 1.807) is 0 Å². The van der Waals surface area contributed by atoms with Crippen LogP contribution in [-0.2, 0) is 28.6 Å². The van der Waals surface area contributed by atoms with Gasteiger partial charge in [0.25, 0.3) is 0 Å². The summed E-state index contributed by atoms with van der Waals surface area (Å²) in [7, 11) is 0. The molecule has 0 aliphatic carbocycles. The molecule has 0 N–H and O–H groups in total. The second-order valence-electron chi connectivity index (χ2n) is 23.4. The largest absolute Gasteiger partial charge is 0.462 e. The highest BCUT2D eigenvalue weighted by Gasteiger charge is 2.19. The molecule has 0 aromatic heterocycles. The highest BCUT2D eigenvalue weighted by Crippen LogP contribution is 2.18. The maximum absolute atomic E-state index is 12.9. The molecule has 6 heteroatoms. The van der Waals surface area contributed by atoms with Crippen molar-refractivity contribution in [1.29, 1.82) is 0 Å². The van der Waals surface area contributed by atoms with Gasteiger partial charge in [-0.25, -0.2) is 0 Å². The normalized spacial score (nSPS) is 12.3. The lowest BCUT2D eigenvalue weighted by molar-refractivity contribution is -0.167. The molecule has 0 aromatic rings. The molecule has 1 atom stereocenters. The quantitative estimate of drug-likeness (QED) is 0.0261. The van der Waals surface area contributed by atoms with Crippen LogP contribution in [0, 0.1) is 0 Å². The number of esters is 3. The van der Waals surface area contributed by atoms with Crippen LogP contribution in [0.1, 0.15) is 374 Å². The minimum absolute atomic E-state index is 0.0726. The molecule has 0 spiro atoms. The Morgan fingerprint density at radius 3 is 0.769 bits per heavy atom. The summed E-state index contributed by atoms with van der Waals surface area (Å²) in [4.78, 5) is 38.3. The molecule has 0 aliphatic rings. The maximum Gasteiger partial charge on any atom is 0.306 e. The van der Waals surface area contributed by atoms with Gasteiger partial charge >= 0.3 is 17.9 Å².